The summed E-state index contributed by atoms with van der Waals surface area (Å²) in [6.45, 7) is 1.06. The summed E-state index contributed by atoms with van der Waals surface area (Å²) in [6.07, 6.45) is 6.34. The Balaban J connectivity index is 1.42. The lowest BCUT2D eigenvalue weighted by Crippen LogP contribution is -2.60. The number of sulfonamides is 2. The molecule has 2 aromatic heterocycles. The van der Waals surface area contributed by atoms with Gasteiger partial charge in [0.05, 0.1) is 6.26 Å². The molecule has 4 heterocycles. The molecule has 0 amide bonds. The van der Waals surface area contributed by atoms with Crippen molar-refractivity contribution in [3.05, 3.63) is 30.1 Å². The van der Waals surface area contributed by atoms with Gasteiger partial charge in [-0.15, -0.1) is 0 Å². The van der Waals surface area contributed by atoms with E-state index in [0.717, 1.165) is 30.1 Å². The van der Waals surface area contributed by atoms with Crippen LogP contribution in [0.5, 0.6) is 0 Å². The molecule has 142 valence electrons. The zero-order chi connectivity index (χ0) is 18.5. The minimum atomic E-state index is -3.45. The fourth-order valence-electron chi connectivity index (χ4n) is 3.81. The van der Waals surface area contributed by atoms with Crippen molar-refractivity contribution >= 4 is 31.1 Å². The zero-order valence-electron chi connectivity index (χ0n) is 14.5. The molecule has 2 aliphatic rings. The molecule has 1 N–H and O–H groups in total. The van der Waals surface area contributed by atoms with Crippen molar-refractivity contribution in [3.63, 3.8) is 0 Å². The first-order valence-electron chi connectivity index (χ1n) is 8.63. The molecule has 0 aliphatic carbocycles. The molecule has 2 fully saturated rings. The molecule has 0 radical (unpaired) electrons. The third kappa shape index (κ3) is 3.04. The van der Waals surface area contributed by atoms with Crippen molar-refractivity contribution < 1.29 is 16.8 Å². The Labute approximate surface area is 153 Å². The van der Waals surface area contributed by atoms with E-state index in [1.165, 1.54) is 14.2 Å². The largest absolute Gasteiger partial charge is 0.346 e. The Kier molecular flexibility index (Phi) is 4.33. The molecule has 10 heteroatoms. The molecule has 8 nitrogen and oxygen atoms in total. The maximum Gasteiger partial charge on any atom is 0.219 e. The number of rotatable bonds is 4. The van der Waals surface area contributed by atoms with Crippen LogP contribution in [0, 0.1) is 0 Å². The van der Waals surface area contributed by atoms with Crippen LogP contribution in [0.4, 0.5) is 0 Å². The maximum atomic E-state index is 12.7. The Morgan fingerprint density at radius 3 is 2.46 bits per heavy atom. The van der Waals surface area contributed by atoms with E-state index in [0.29, 0.717) is 19.0 Å². The van der Waals surface area contributed by atoms with Gasteiger partial charge in [0.15, 0.2) is 0 Å². The van der Waals surface area contributed by atoms with E-state index in [1.54, 1.807) is 6.20 Å². The minimum Gasteiger partial charge on any atom is -0.346 e. The van der Waals surface area contributed by atoms with Crippen LogP contribution in [0.3, 0.4) is 0 Å². The van der Waals surface area contributed by atoms with E-state index < -0.39 is 25.3 Å². The van der Waals surface area contributed by atoms with Gasteiger partial charge in [0.1, 0.15) is 10.9 Å². The van der Waals surface area contributed by atoms with Gasteiger partial charge >= 0.3 is 0 Å². The first-order valence-corrected chi connectivity index (χ1v) is 12.0. The lowest BCUT2D eigenvalue weighted by Gasteiger charge is -2.41. The highest BCUT2D eigenvalue weighted by molar-refractivity contribution is 7.90. The third-order valence-electron chi connectivity index (χ3n) is 5.44. The van der Waals surface area contributed by atoms with Crippen molar-refractivity contribution in [1.29, 1.82) is 0 Å². The van der Waals surface area contributed by atoms with E-state index in [9.17, 15) is 16.8 Å². The van der Waals surface area contributed by atoms with Gasteiger partial charge in [-0.2, -0.15) is 4.31 Å². The molecule has 2 aromatic rings. The van der Waals surface area contributed by atoms with E-state index in [-0.39, 0.29) is 13.1 Å². The van der Waals surface area contributed by atoms with Gasteiger partial charge in [0.2, 0.25) is 20.0 Å². The summed E-state index contributed by atoms with van der Waals surface area (Å²) < 4.78 is 51.1. The summed E-state index contributed by atoms with van der Waals surface area (Å²) in [5.41, 5.74) is 2.05. The fraction of sp³-hybridized carbons (Fsp3) is 0.562. The summed E-state index contributed by atoms with van der Waals surface area (Å²) in [6, 6.07) is 3.94. The van der Waals surface area contributed by atoms with E-state index in [1.807, 2.05) is 18.3 Å². The number of hydrogen-bond acceptors (Lipinski definition) is 5. The van der Waals surface area contributed by atoms with Gasteiger partial charge in [-0.05, 0) is 36.5 Å². The van der Waals surface area contributed by atoms with Crippen molar-refractivity contribution in [2.45, 2.75) is 24.0 Å². The molecule has 0 bridgehead atoms. The van der Waals surface area contributed by atoms with Crippen molar-refractivity contribution in [1.82, 2.24) is 18.6 Å². The van der Waals surface area contributed by atoms with Crippen LogP contribution >= 0.6 is 0 Å². The lowest BCUT2D eigenvalue weighted by atomic mass is 9.90. The second-order valence-corrected chi connectivity index (χ2v) is 11.3. The molecule has 4 rings (SSSR count). The number of nitrogens with zero attached hydrogens (tertiary/aromatic N) is 3. The van der Waals surface area contributed by atoms with E-state index in [4.69, 9.17) is 0 Å². The number of aromatic nitrogens is 2. The molecular formula is C16H22N4O4S2. The van der Waals surface area contributed by atoms with Gasteiger partial charge in [0, 0.05) is 44.0 Å². The van der Waals surface area contributed by atoms with Crippen molar-refractivity contribution in [2.24, 2.45) is 0 Å². The van der Waals surface area contributed by atoms with E-state index in [2.05, 4.69) is 9.97 Å². The SMILES string of the molecule is CS(=O)(=O)N1CC(S(=O)(=O)N2CCC(c3c[nH]c4ncccc34)CC2)C1. The molecule has 0 saturated carbocycles. The number of aromatic amines is 1. The number of pyridine rings is 1. The summed E-state index contributed by atoms with van der Waals surface area (Å²) in [5.74, 6) is 0.299. The summed E-state index contributed by atoms with van der Waals surface area (Å²) in [7, 11) is -6.75. The fourth-order valence-corrected chi connectivity index (χ4v) is 6.78. The van der Waals surface area contributed by atoms with E-state index >= 15 is 0 Å². The number of nitrogens with one attached hydrogen (secondary N) is 1. The standard InChI is InChI=1S/C16H22N4O4S2/c1-25(21,22)20-10-13(11-20)26(23,24)19-7-4-12(5-8-19)15-9-18-16-14(15)3-2-6-17-16/h2-3,6,9,12-13H,4-5,7-8,10-11H2,1H3,(H,17,18). The molecule has 0 spiro atoms. The highest BCUT2D eigenvalue weighted by Gasteiger charge is 2.45. The normalized spacial score (nSPS) is 21.9. The summed E-state index contributed by atoms with van der Waals surface area (Å²) in [4.78, 5) is 7.48. The Bertz CT molecular complexity index is 1020. The second-order valence-electron chi connectivity index (χ2n) is 7.06. The van der Waals surface area contributed by atoms with Crippen molar-refractivity contribution in [3.8, 4) is 0 Å². The number of hydrogen-bond donors (Lipinski definition) is 1. The average molecular weight is 399 g/mol. The first-order chi connectivity index (χ1) is 12.3. The molecule has 0 unspecified atom stereocenters. The molecular weight excluding hydrogens is 376 g/mol. The predicted molar refractivity (Wildman–Crippen MR) is 98.8 cm³/mol. The maximum absolute atomic E-state index is 12.7. The predicted octanol–water partition coefficient (Wildman–Crippen LogP) is 0.716. The van der Waals surface area contributed by atoms with Gasteiger partial charge in [-0.25, -0.2) is 26.1 Å². The van der Waals surface area contributed by atoms with Gasteiger partial charge in [0.25, 0.3) is 0 Å². The van der Waals surface area contributed by atoms with Crippen molar-refractivity contribution in [2.75, 3.05) is 32.4 Å². The molecule has 2 aliphatic heterocycles. The molecule has 0 aromatic carbocycles. The highest BCUT2D eigenvalue weighted by atomic mass is 32.2. The molecule has 26 heavy (non-hydrogen) atoms. The second kappa shape index (κ2) is 6.29. The smallest absolute Gasteiger partial charge is 0.219 e. The quantitative estimate of drug-likeness (QED) is 0.817. The summed E-state index contributed by atoms with van der Waals surface area (Å²) in [5, 5.41) is 0.475. The highest BCUT2D eigenvalue weighted by Crippen LogP contribution is 2.34. The van der Waals surface area contributed by atoms with Gasteiger partial charge in [-0.1, -0.05) is 0 Å². The minimum absolute atomic E-state index is 0.0647. The van der Waals surface area contributed by atoms with Crippen LogP contribution in [-0.4, -0.2) is 73.1 Å². The first kappa shape index (κ1) is 17.9. The van der Waals surface area contributed by atoms with Crippen LogP contribution < -0.4 is 0 Å². The van der Waals surface area contributed by atoms with Gasteiger partial charge in [-0.3, -0.25) is 0 Å². The average Bonchev–Trinajstić information content (AvgIpc) is 2.96. The van der Waals surface area contributed by atoms with Crippen LogP contribution in [0.1, 0.15) is 24.3 Å². The Morgan fingerprint density at radius 2 is 1.81 bits per heavy atom. The Hall–Kier alpha value is -1.49. The Morgan fingerprint density at radius 1 is 1.12 bits per heavy atom. The monoisotopic (exact) mass is 398 g/mol. The van der Waals surface area contributed by atoms with Crippen LogP contribution in [-0.2, 0) is 20.0 Å². The molecule has 2 saturated heterocycles. The lowest BCUT2D eigenvalue weighted by molar-refractivity contribution is 0.277. The summed E-state index contributed by atoms with van der Waals surface area (Å²) >= 11 is 0. The van der Waals surface area contributed by atoms with Crippen LogP contribution in [0.25, 0.3) is 11.0 Å². The number of fused-ring (bicyclic) bond motifs is 1. The zero-order valence-corrected chi connectivity index (χ0v) is 16.1. The number of H-pyrrole nitrogens is 1. The number of piperidine rings is 1. The topological polar surface area (TPSA) is 103 Å². The van der Waals surface area contributed by atoms with Crippen LogP contribution in [0.15, 0.2) is 24.5 Å². The van der Waals surface area contributed by atoms with Crippen LogP contribution in [0.2, 0.25) is 0 Å². The molecule has 0 atom stereocenters. The van der Waals surface area contributed by atoms with Gasteiger partial charge < -0.3 is 4.98 Å². The third-order valence-corrected chi connectivity index (χ3v) is 8.90.